The number of hydrogen-bond acceptors (Lipinski definition) is 4. The first kappa shape index (κ1) is 35.3. The van der Waals surface area contributed by atoms with E-state index >= 15 is 0 Å². The van der Waals surface area contributed by atoms with E-state index < -0.39 is 18.3 Å². The highest BCUT2D eigenvalue weighted by Gasteiger charge is 2.03. The molecule has 7 heteroatoms. The Labute approximate surface area is 191 Å². The summed E-state index contributed by atoms with van der Waals surface area (Å²) in [4.78, 5) is 20.8. The molecule has 0 spiro atoms. The molecular weight excluding hydrogens is 426 g/mol. The maximum Gasteiger partial charge on any atom is 0.519 e. The first-order valence-electron chi connectivity index (χ1n) is 9.44. The maximum atomic E-state index is 10.8. The van der Waals surface area contributed by atoms with Gasteiger partial charge in [0.25, 0.3) is 0 Å². The van der Waals surface area contributed by atoms with Gasteiger partial charge in [-0.05, 0) is 47.5 Å². The van der Waals surface area contributed by atoms with E-state index in [1.807, 2.05) is 27.7 Å². The van der Waals surface area contributed by atoms with Gasteiger partial charge in [-0.3, -0.25) is 0 Å². The molecule has 166 valence electrons. The van der Waals surface area contributed by atoms with Crippen molar-refractivity contribution in [1.82, 2.24) is 0 Å². The third-order valence-electron chi connectivity index (χ3n) is 2.86. The van der Waals surface area contributed by atoms with Gasteiger partial charge in [0.2, 0.25) is 0 Å². The topological polar surface area (TPSA) is 52.6 Å². The molecule has 0 N–H and O–H groups in total. The second-order valence-corrected chi connectivity index (χ2v) is 11.2. The summed E-state index contributed by atoms with van der Waals surface area (Å²) in [5, 5.41) is 0.975. The van der Waals surface area contributed by atoms with E-state index in [0.29, 0.717) is 13.2 Å². The molecule has 0 saturated carbocycles. The number of carbonyl (C=O) groups is 2. The Morgan fingerprint density at radius 2 is 1.55 bits per heavy atom. The van der Waals surface area contributed by atoms with Crippen molar-refractivity contribution in [3.8, 4) is 12.3 Å². The molecule has 0 saturated heterocycles. The van der Waals surface area contributed by atoms with Crippen molar-refractivity contribution < 1.29 is 19.1 Å². The maximum absolute atomic E-state index is 10.8. The monoisotopic (exact) mass is 462 g/mol. The van der Waals surface area contributed by atoms with Gasteiger partial charge in [0.05, 0.1) is 13.2 Å². The molecule has 0 aliphatic heterocycles. The highest BCUT2D eigenvalue weighted by Crippen LogP contribution is 2.07. The Morgan fingerprint density at radius 3 is 1.76 bits per heavy atom. The molecule has 4 nitrogen and oxygen atoms in total. The molecule has 0 bridgehead atoms. The van der Waals surface area contributed by atoms with Crippen LogP contribution in [-0.2, 0) is 19.1 Å². The third kappa shape index (κ3) is 42.1. The fourth-order valence-corrected chi connectivity index (χ4v) is 0.750. The van der Waals surface area contributed by atoms with Gasteiger partial charge in [0, 0.05) is 12.0 Å². The summed E-state index contributed by atoms with van der Waals surface area (Å²) in [5.41, 5.74) is 2.42. The van der Waals surface area contributed by atoms with Crippen molar-refractivity contribution in [2.45, 2.75) is 60.7 Å². The fourth-order valence-electron chi connectivity index (χ4n) is 0.750. The van der Waals surface area contributed by atoms with Crippen LogP contribution in [0.4, 0.5) is 0 Å². The third-order valence-corrected chi connectivity index (χ3v) is 5.33. The van der Waals surface area contributed by atoms with E-state index in [4.69, 9.17) is 24.8 Å². The number of ether oxygens (including phenoxy) is 2. The summed E-state index contributed by atoms with van der Waals surface area (Å²) < 4.78 is 9.03. The van der Waals surface area contributed by atoms with Gasteiger partial charge in [-0.25, -0.2) is 29.7 Å². The van der Waals surface area contributed by atoms with E-state index in [1.54, 1.807) is 25.8 Å². The number of rotatable bonds is 6. The lowest BCUT2D eigenvalue weighted by atomic mass is 10.0. The Morgan fingerprint density at radius 1 is 1.14 bits per heavy atom. The van der Waals surface area contributed by atoms with E-state index in [1.165, 1.54) is 11.6 Å². The van der Waals surface area contributed by atoms with Crippen molar-refractivity contribution in [3.63, 3.8) is 0 Å². The molecule has 1 unspecified atom stereocenters. The summed E-state index contributed by atoms with van der Waals surface area (Å²) in [6.07, 6.45) is 9.96. The molecule has 0 amide bonds. The van der Waals surface area contributed by atoms with Crippen LogP contribution in [0.25, 0.3) is 0 Å². The number of hydrogen-bond donors (Lipinski definition) is 0. The summed E-state index contributed by atoms with van der Waals surface area (Å²) in [6.45, 7) is 20.2. The van der Waals surface area contributed by atoms with Crippen LogP contribution in [0.15, 0.2) is 36.0 Å². The quantitative estimate of drug-likeness (QED) is 0.114. The van der Waals surface area contributed by atoms with Crippen molar-refractivity contribution >= 4 is 44.3 Å². The van der Waals surface area contributed by atoms with Crippen LogP contribution in [0.3, 0.4) is 0 Å². The molecule has 0 aromatic rings. The van der Waals surface area contributed by atoms with E-state index in [0.717, 1.165) is 10.9 Å². The highest BCUT2D eigenvalue weighted by molar-refractivity contribution is 7.33. The lowest BCUT2D eigenvalue weighted by Gasteiger charge is -2.03. The first-order valence-corrected chi connectivity index (χ1v) is 13.7. The highest BCUT2D eigenvalue weighted by atomic mass is 35.7. The van der Waals surface area contributed by atoms with Crippen LogP contribution in [0.2, 0.25) is 5.28 Å². The van der Waals surface area contributed by atoms with E-state index in [9.17, 15) is 9.59 Å². The lowest BCUT2D eigenvalue weighted by Crippen LogP contribution is -2.00. The molecule has 0 aromatic carbocycles. The Kier molecular flexibility index (Phi) is 32.6. The van der Waals surface area contributed by atoms with Gasteiger partial charge >= 0.3 is 24.2 Å². The Balaban J connectivity index is -0.000000157. The van der Waals surface area contributed by atoms with Crippen molar-refractivity contribution in [3.05, 3.63) is 36.0 Å². The minimum Gasteiger partial charge on any atom is -0.463 e. The molecule has 29 heavy (non-hydrogen) atoms. The summed E-state index contributed by atoms with van der Waals surface area (Å²) >= 11 is -1.21. The summed E-state index contributed by atoms with van der Waals surface area (Å²) in [7, 11) is 10.7. The van der Waals surface area contributed by atoms with Gasteiger partial charge in [0.15, 0.2) is 0 Å². The summed E-state index contributed by atoms with van der Waals surface area (Å²) in [5.74, 6) is 1.15. The SMILES string of the molecule is C#CC(=O)OCC.C=C(C)C(C)/C=C/C(=O)OCC.CC=C(C)C.C[CH2][Al]([Cl])[Cl]. The molecule has 0 fully saturated rings. The van der Waals surface area contributed by atoms with Gasteiger partial charge in [-0.2, -0.15) is 0 Å². The number of halogens is 2. The Bertz CT molecular complexity index is 531. The molecule has 0 aromatic heterocycles. The van der Waals surface area contributed by atoms with Crippen LogP contribution in [0.5, 0.6) is 0 Å². The molecule has 0 rings (SSSR count). The average Bonchev–Trinajstić information content (AvgIpc) is 2.67. The smallest absolute Gasteiger partial charge is 0.463 e. The molecule has 1 atom stereocenters. The Hall–Kier alpha value is -1.17. The molecule has 0 aliphatic carbocycles. The summed E-state index contributed by atoms with van der Waals surface area (Å²) in [6, 6.07) is 0. The first-order chi connectivity index (χ1) is 13.4. The predicted octanol–water partition coefficient (Wildman–Crippen LogP) is 6.45. The van der Waals surface area contributed by atoms with Gasteiger partial charge in [-0.1, -0.05) is 49.0 Å². The minimum atomic E-state index is -1.21. The second-order valence-electron chi connectivity index (χ2n) is 5.78. The van der Waals surface area contributed by atoms with Gasteiger partial charge < -0.3 is 9.47 Å². The van der Waals surface area contributed by atoms with Crippen LogP contribution in [0, 0.1) is 18.3 Å². The van der Waals surface area contributed by atoms with Crippen molar-refractivity contribution in [2.24, 2.45) is 5.92 Å². The molecule has 0 radical (unpaired) electrons. The number of allylic oxidation sites excluding steroid dienone is 4. The predicted molar refractivity (Wildman–Crippen MR) is 128 cm³/mol. The van der Waals surface area contributed by atoms with Crippen LogP contribution in [-0.4, -0.2) is 37.5 Å². The van der Waals surface area contributed by atoms with Gasteiger partial charge in [-0.15, -0.1) is 6.42 Å². The van der Waals surface area contributed by atoms with Crippen LogP contribution < -0.4 is 0 Å². The minimum absolute atomic E-state index is 0.231. The largest absolute Gasteiger partial charge is 0.519 e. The number of terminal acetylenes is 1. The lowest BCUT2D eigenvalue weighted by molar-refractivity contribution is -0.137. The van der Waals surface area contributed by atoms with Crippen molar-refractivity contribution in [2.75, 3.05) is 13.2 Å². The van der Waals surface area contributed by atoms with Crippen LogP contribution >= 0.6 is 20.1 Å². The van der Waals surface area contributed by atoms with Crippen LogP contribution in [0.1, 0.15) is 55.4 Å². The number of esters is 2. The normalized spacial score (nSPS) is 9.55. The van der Waals surface area contributed by atoms with E-state index in [2.05, 4.69) is 37.7 Å². The molecule has 0 heterocycles. The zero-order chi connectivity index (χ0) is 23.8. The zero-order valence-corrected chi connectivity index (χ0v) is 21.8. The van der Waals surface area contributed by atoms with Gasteiger partial charge in [0.1, 0.15) is 0 Å². The fraction of sp³-hybridized carbons (Fsp3) is 0.545. The van der Waals surface area contributed by atoms with E-state index in [-0.39, 0.29) is 11.9 Å². The van der Waals surface area contributed by atoms with Crippen molar-refractivity contribution in [1.29, 1.82) is 0 Å². The second kappa shape index (κ2) is 26.8. The number of carbonyl (C=O) groups excluding carboxylic acids is 2. The molecular formula is C22H37AlCl2O4. The zero-order valence-electron chi connectivity index (χ0n) is 19.2. The standard InChI is InChI=1S/C10H16O2.C5H6O2.C5H10.C2H5.Al.2ClH/c1-5-12-10(11)7-6-9(4)8(2)3;1-3-5(6)7-4-2;1-4-5(2)3;1-2;;;/h6-7,9H,2,5H2,1,3-4H3;1H,4H2,2H3;4H,1-3H3;1H2,2H3;;2*1H/q;;;;+2;;/p-2/b7-6+;;;;;;. The average molecular weight is 463 g/mol. The molecule has 0 aliphatic rings.